The molecule has 6 nitrogen and oxygen atoms in total. The highest BCUT2D eigenvalue weighted by Gasteiger charge is 2.19. The van der Waals surface area contributed by atoms with Gasteiger partial charge in [-0.15, -0.1) is 0 Å². The lowest BCUT2D eigenvalue weighted by molar-refractivity contribution is 0.102. The van der Waals surface area contributed by atoms with Gasteiger partial charge >= 0.3 is 0 Å². The summed E-state index contributed by atoms with van der Waals surface area (Å²) in [7, 11) is -2.49. The summed E-state index contributed by atoms with van der Waals surface area (Å²) in [6.07, 6.45) is 0. The van der Waals surface area contributed by atoms with E-state index in [1.165, 1.54) is 43.5 Å². The third-order valence-corrected chi connectivity index (χ3v) is 6.59. The molecule has 0 saturated carbocycles. The zero-order valence-electron chi connectivity index (χ0n) is 17.0. The number of carbonyl (C=O) groups excluding carboxylic acids is 1. The fourth-order valence-corrected chi connectivity index (χ4v) is 4.40. The summed E-state index contributed by atoms with van der Waals surface area (Å²) in [5.41, 5.74) is 2.83. The van der Waals surface area contributed by atoms with Crippen LogP contribution in [0, 0.1) is 13.8 Å². The van der Waals surface area contributed by atoms with E-state index in [2.05, 4.69) is 10.0 Å². The number of sulfonamides is 1. The lowest BCUT2D eigenvalue weighted by Gasteiger charge is -2.14. The van der Waals surface area contributed by atoms with E-state index in [-0.39, 0.29) is 21.2 Å². The molecule has 0 aliphatic rings. The molecule has 3 rings (SSSR count). The Morgan fingerprint density at radius 2 is 1.68 bits per heavy atom. The lowest BCUT2D eigenvalue weighted by Crippen LogP contribution is -2.16. The van der Waals surface area contributed by atoms with Crippen LogP contribution in [-0.4, -0.2) is 21.4 Å². The first-order chi connectivity index (χ1) is 14.6. The second-order valence-corrected chi connectivity index (χ2v) is 9.37. The summed E-state index contributed by atoms with van der Waals surface area (Å²) in [4.78, 5) is 12.6. The van der Waals surface area contributed by atoms with Crippen LogP contribution >= 0.6 is 23.2 Å². The number of methoxy groups -OCH3 is 1. The quantitative estimate of drug-likeness (QED) is 0.477. The first-order valence-corrected chi connectivity index (χ1v) is 11.4. The van der Waals surface area contributed by atoms with Crippen molar-refractivity contribution in [2.75, 3.05) is 17.1 Å². The molecule has 3 aromatic rings. The number of carbonyl (C=O) groups is 1. The standard InChI is InChI=1S/C22H20Cl2N2O4S/c1-13-4-6-16(10-14(13)2)26-31(28,29)17-7-9-21(30-3)20(12-17)25-22(27)18-8-5-15(23)11-19(18)24/h4-12,26H,1-3H3,(H,25,27). The van der Waals surface area contributed by atoms with Crippen LogP contribution in [0.2, 0.25) is 10.0 Å². The first kappa shape index (κ1) is 22.9. The molecule has 0 radical (unpaired) electrons. The molecule has 9 heteroatoms. The summed E-state index contributed by atoms with van der Waals surface area (Å²) in [5, 5.41) is 3.21. The van der Waals surface area contributed by atoms with Gasteiger partial charge in [0.25, 0.3) is 15.9 Å². The molecule has 0 bridgehead atoms. The van der Waals surface area contributed by atoms with E-state index in [9.17, 15) is 13.2 Å². The normalized spacial score (nSPS) is 11.1. The van der Waals surface area contributed by atoms with Gasteiger partial charge in [0.05, 0.1) is 28.3 Å². The molecule has 0 heterocycles. The molecule has 162 valence electrons. The van der Waals surface area contributed by atoms with Crippen LogP contribution in [0.25, 0.3) is 0 Å². The Bertz CT molecular complexity index is 1260. The SMILES string of the molecule is COc1ccc(S(=O)(=O)Nc2ccc(C)c(C)c2)cc1NC(=O)c1ccc(Cl)cc1Cl. The monoisotopic (exact) mass is 478 g/mol. The van der Waals surface area contributed by atoms with Crippen molar-refractivity contribution in [3.8, 4) is 5.75 Å². The summed E-state index contributed by atoms with van der Waals surface area (Å²) < 4.78 is 33.6. The van der Waals surface area contributed by atoms with E-state index in [4.69, 9.17) is 27.9 Å². The number of hydrogen-bond acceptors (Lipinski definition) is 4. The molecular formula is C22H20Cl2N2O4S. The van der Waals surface area contributed by atoms with Crippen LogP contribution in [0.3, 0.4) is 0 Å². The zero-order chi connectivity index (χ0) is 22.8. The number of rotatable bonds is 6. The minimum Gasteiger partial charge on any atom is -0.495 e. The van der Waals surface area contributed by atoms with Gasteiger partial charge in [-0.1, -0.05) is 29.3 Å². The summed E-state index contributed by atoms with van der Waals surface area (Å²) >= 11 is 12.0. The van der Waals surface area contributed by atoms with E-state index < -0.39 is 15.9 Å². The number of anilines is 2. The fraction of sp³-hybridized carbons (Fsp3) is 0.136. The minimum atomic E-state index is -3.90. The van der Waals surface area contributed by atoms with Crippen LogP contribution in [-0.2, 0) is 10.0 Å². The van der Waals surface area contributed by atoms with Crippen LogP contribution < -0.4 is 14.8 Å². The molecule has 0 unspecified atom stereocenters. The number of aryl methyl sites for hydroxylation is 2. The number of halogens is 2. The predicted octanol–water partition coefficient (Wildman–Crippen LogP) is 5.67. The first-order valence-electron chi connectivity index (χ1n) is 9.15. The molecule has 1 amide bonds. The summed E-state index contributed by atoms with van der Waals surface area (Å²) in [6.45, 7) is 3.84. The maximum atomic E-state index is 12.9. The molecule has 2 N–H and O–H groups in total. The number of benzene rings is 3. The molecule has 0 atom stereocenters. The average Bonchev–Trinajstić information content (AvgIpc) is 2.70. The fourth-order valence-electron chi connectivity index (χ4n) is 2.83. The highest BCUT2D eigenvalue weighted by atomic mass is 35.5. The van der Waals surface area contributed by atoms with Crippen molar-refractivity contribution in [1.29, 1.82) is 0 Å². The van der Waals surface area contributed by atoms with Gasteiger partial charge in [-0.05, 0) is 73.5 Å². The van der Waals surface area contributed by atoms with Gasteiger partial charge in [-0.3, -0.25) is 9.52 Å². The van der Waals surface area contributed by atoms with Crippen LogP contribution in [0.15, 0.2) is 59.5 Å². The van der Waals surface area contributed by atoms with E-state index in [1.807, 2.05) is 19.9 Å². The highest BCUT2D eigenvalue weighted by Crippen LogP contribution is 2.30. The molecular weight excluding hydrogens is 459 g/mol. The number of amides is 1. The van der Waals surface area contributed by atoms with Gasteiger partial charge in [0.2, 0.25) is 0 Å². The third kappa shape index (κ3) is 5.31. The maximum absolute atomic E-state index is 12.9. The van der Waals surface area contributed by atoms with Crippen molar-refractivity contribution < 1.29 is 17.9 Å². The Hall–Kier alpha value is -2.74. The Morgan fingerprint density at radius 1 is 0.935 bits per heavy atom. The van der Waals surface area contributed by atoms with Crippen molar-refractivity contribution in [2.45, 2.75) is 18.7 Å². The second kappa shape index (κ2) is 9.18. The molecule has 31 heavy (non-hydrogen) atoms. The van der Waals surface area contributed by atoms with Gasteiger partial charge in [0.15, 0.2) is 0 Å². The van der Waals surface area contributed by atoms with Crippen molar-refractivity contribution in [1.82, 2.24) is 0 Å². The van der Waals surface area contributed by atoms with Gasteiger partial charge in [-0.25, -0.2) is 8.42 Å². The summed E-state index contributed by atoms with van der Waals surface area (Å²) in [6, 6.07) is 13.9. The highest BCUT2D eigenvalue weighted by molar-refractivity contribution is 7.92. The van der Waals surface area contributed by atoms with Gasteiger partial charge in [-0.2, -0.15) is 0 Å². The van der Waals surface area contributed by atoms with Gasteiger partial charge in [0, 0.05) is 10.7 Å². The molecule has 0 spiro atoms. The van der Waals surface area contributed by atoms with Crippen LogP contribution in [0.4, 0.5) is 11.4 Å². The molecule has 0 aliphatic carbocycles. The van der Waals surface area contributed by atoms with E-state index in [0.29, 0.717) is 16.5 Å². The second-order valence-electron chi connectivity index (χ2n) is 6.84. The minimum absolute atomic E-state index is 0.0379. The molecule has 0 saturated heterocycles. The maximum Gasteiger partial charge on any atom is 0.261 e. The number of ether oxygens (including phenoxy) is 1. The Labute approximate surface area is 191 Å². The third-order valence-electron chi connectivity index (χ3n) is 4.66. The molecule has 0 aliphatic heterocycles. The zero-order valence-corrected chi connectivity index (χ0v) is 19.3. The van der Waals surface area contributed by atoms with Crippen molar-refractivity contribution in [2.24, 2.45) is 0 Å². The van der Waals surface area contributed by atoms with Gasteiger partial charge < -0.3 is 10.1 Å². The van der Waals surface area contributed by atoms with Crippen molar-refractivity contribution >= 4 is 50.5 Å². The van der Waals surface area contributed by atoms with Crippen LogP contribution in [0.5, 0.6) is 5.75 Å². The predicted molar refractivity (Wildman–Crippen MR) is 124 cm³/mol. The largest absolute Gasteiger partial charge is 0.495 e. The van der Waals surface area contributed by atoms with Gasteiger partial charge in [0.1, 0.15) is 5.75 Å². The summed E-state index contributed by atoms with van der Waals surface area (Å²) in [5.74, 6) is -0.236. The number of nitrogens with one attached hydrogen (secondary N) is 2. The molecule has 0 aromatic heterocycles. The van der Waals surface area contributed by atoms with E-state index in [1.54, 1.807) is 12.1 Å². The van der Waals surface area contributed by atoms with E-state index in [0.717, 1.165) is 11.1 Å². The van der Waals surface area contributed by atoms with E-state index >= 15 is 0 Å². The molecule has 3 aromatic carbocycles. The Morgan fingerprint density at radius 3 is 2.32 bits per heavy atom. The smallest absolute Gasteiger partial charge is 0.261 e. The van der Waals surface area contributed by atoms with Crippen molar-refractivity contribution in [3.05, 3.63) is 81.3 Å². The molecule has 0 fully saturated rings. The number of hydrogen-bond donors (Lipinski definition) is 2. The average molecular weight is 479 g/mol. The Balaban J connectivity index is 1.92. The van der Waals surface area contributed by atoms with Crippen molar-refractivity contribution in [3.63, 3.8) is 0 Å². The topological polar surface area (TPSA) is 84.5 Å². The lowest BCUT2D eigenvalue weighted by atomic mass is 10.1. The Kier molecular flexibility index (Phi) is 6.79. The van der Waals surface area contributed by atoms with Crippen LogP contribution in [0.1, 0.15) is 21.5 Å².